The van der Waals surface area contributed by atoms with Gasteiger partial charge in [-0.05, 0) is 25.1 Å². The summed E-state index contributed by atoms with van der Waals surface area (Å²) in [7, 11) is 0. The van der Waals surface area contributed by atoms with Gasteiger partial charge >= 0.3 is 4.94 Å². The lowest BCUT2D eigenvalue weighted by Crippen LogP contribution is -2.02. The summed E-state index contributed by atoms with van der Waals surface area (Å²) in [4.78, 5) is 23.4. The molecule has 3 rings (SSSR count). The van der Waals surface area contributed by atoms with Gasteiger partial charge in [0.2, 0.25) is 0 Å². The third-order valence-electron chi connectivity index (χ3n) is 2.99. The largest absolute Gasteiger partial charge is 0.507 e. The molecular formula is C15H10O4S. The molecule has 0 atom stereocenters. The predicted molar refractivity (Wildman–Crippen MR) is 76.6 cm³/mol. The monoisotopic (exact) mass is 286 g/mol. The molecule has 0 aliphatic heterocycles. The van der Waals surface area contributed by atoms with Gasteiger partial charge in [0.15, 0.2) is 11.4 Å². The first-order valence-electron chi connectivity index (χ1n) is 5.93. The van der Waals surface area contributed by atoms with Crippen molar-refractivity contribution in [1.29, 1.82) is 0 Å². The topological polar surface area (TPSA) is 67.5 Å². The Bertz CT molecular complexity index is 873. The van der Waals surface area contributed by atoms with Crippen molar-refractivity contribution in [3.8, 4) is 5.75 Å². The van der Waals surface area contributed by atoms with Gasteiger partial charge in [0.25, 0.3) is 0 Å². The second-order valence-corrected chi connectivity index (χ2v) is 5.39. The van der Waals surface area contributed by atoms with Crippen molar-refractivity contribution in [3.05, 3.63) is 62.8 Å². The zero-order chi connectivity index (χ0) is 14.3. The Kier molecular flexibility index (Phi) is 2.91. The number of carbonyl (C=O) groups is 1. The van der Waals surface area contributed by atoms with Gasteiger partial charge in [-0.25, -0.2) is 4.79 Å². The summed E-state index contributed by atoms with van der Waals surface area (Å²) in [6, 6.07) is 9.92. The first kappa shape index (κ1) is 12.6. The van der Waals surface area contributed by atoms with Crippen LogP contribution in [0.4, 0.5) is 0 Å². The van der Waals surface area contributed by atoms with E-state index in [2.05, 4.69) is 0 Å². The standard InChI is InChI=1S/C15H10O4S/c1-8-3-2-4-9(7-8)13(17)12-10(16)5-6-11-14(12)20-15(18)19-11/h2-7,16H,1H3. The van der Waals surface area contributed by atoms with Crippen LogP contribution in [0.15, 0.2) is 45.6 Å². The first-order chi connectivity index (χ1) is 9.56. The molecule has 0 spiro atoms. The molecule has 100 valence electrons. The molecule has 0 radical (unpaired) electrons. The van der Waals surface area contributed by atoms with Gasteiger partial charge in [0.05, 0.1) is 10.3 Å². The molecule has 0 aliphatic rings. The average molecular weight is 286 g/mol. The number of phenolic OH excluding ortho intramolecular Hbond substituents is 1. The van der Waals surface area contributed by atoms with Crippen molar-refractivity contribution in [3.63, 3.8) is 0 Å². The Morgan fingerprint density at radius 1 is 1.25 bits per heavy atom. The Balaban J connectivity index is 2.26. The third kappa shape index (κ3) is 2.02. The van der Waals surface area contributed by atoms with E-state index in [4.69, 9.17) is 4.42 Å². The van der Waals surface area contributed by atoms with Crippen molar-refractivity contribution >= 4 is 27.4 Å². The Morgan fingerprint density at radius 2 is 2.05 bits per heavy atom. The first-order valence-corrected chi connectivity index (χ1v) is 6.75. The number of rotatable bonds is 2. The lowest BCUT2D eigenvalue weighted by Gasteiger charge is -2.05. The van der Waals surface area contributed by atoms with Crippen LogP contribution in [0, 0.1) is 6.92 Å². The van der Waals surface area contributed by atoms with Crippen LogP contribution in [-0.2, 0) is 0 Å². The van der Waals surface area contributed by atoms with Gasteiger partial charge in [-0.3, -0.25) is 4.79 Å². The predicted octanol–water partition coefficient (Wildman–Crippen LogP) is 3.10. The molecule has 3 aromatic rings. The normalized spacial score (nSPS) is 10.8. The second kappa shape index (κ2) is 4.61. The van der Waals surface area contributed by atoms with Crippen LogP contribution in [-0.4, -0.2) is 10.9 Å². The zero-order valence-corrected chi connectivity index (χ0v) is 11.4. The molecule has 1 aromatic heterocycles. The summed E-state index contributed by atoms with van der Waals surface area (Å²) >= 11 is 0.817. The highest BCUT2D eigenvalue weighted by Gasteiger charge is 2.20. The van der Waals surface area contributed by atoms with Crippen LogP contribution in [0.1, 0.15) is 21.5 Å². The molecule has 1 N–H and O–H groups in total. The van der Waals surface area contributed by atoms with E-state index in [1.165, 1.54) is 12.1 Å². The molecule has 4 nitrogen and oxygen atoms in total. The molecule has 1 heterocycles. The zero-order valence-electron chi connectivity index (χ0n) is 10.5. The minimum Gasteiger partial charge on any atom is -0.507 e. The Hall–Kier alpha value is -2.40. The molecule has 2 aromatic carbocycles. The van der Waals surface area contributed by atoms with Gasteiger partial charge in [-0.2, -0.15) is 0 Å². The molecule has 0 bridgehead atoms. The summed E-state index contributed by atoms with van der Waals surface area (Å²) < 4.78 is 5.35. The molecule has 5 heteroatoms. The summed E-state index contributed by atoms with van der Waals surface area (Å²) in [5.74, 6) is -0.477. The van der Waals surface area contributed by atoms with E-state index in [9.17, 15) is 14.7 Å². The maximum atomic E-state index is 12.5. The smallest absolute Gasteiger partial charge is 0.396 e. The fraction of sp³-hybridized carbons (Fsp3) is 0.0667. The van der Waals surface area contributed by atoms with Crippen LogP contribution >= 0.6 is 11.3 Å². The Morgan fingerprint density at radius 3 is 2.80 bits per heavy atom. The average Bonchev–Trinajstić information content (AvgIpc) is 2.78. The molecule has 0 amide bonds. The number of phenols is 1. The highest BCUT2D eigenvalue weighted by molar-refractivity contribution is 7.16. The van der Waals surface area contributed by atoms with Gasteiger partial charge in [-0.1, -0.05) is 35.1 Å². The van der Waals surface area contributed by atoms with E-state index in [0.717, 1.165) is 16.9 Å². The van der Waals surface area contributed by atoms with E-state index in [0.29, 0.717) is 15.8 Å². The molecule has 0 aliphatic carbocycles. The Labute approximate surface area is 117 Å². The number of aryl methyl sites for hydroxylation is 1. The third-order valence-corrected chi connectivity index (χ3v) is 3.85. The fourth-order valence-corrected chi connectivity index (χ4v) is 2.89. The summed E-state index contributed by atoms with van der Waals surface area (Å²) in [6.45, 7) is 1.88. The van der Waals surface area contributed by atoms with Crippen LogP contribution in [0.3, 0.4) is 0 Å². The minimum atomic E-state index is -0.496. The number of benzene rings is 2. The number of ketones is 1. The lowest BCUT2D eigenvalue weighted by atomic mass is 10.0. The van der Waals surface area contributed by atoms with Crippen molar-refractivity contribution in [1.82, 2.24) is 0 Å². The number of aromatic hydroxyl groups is 1. The SMILES string of the molecule is Cc1cccc(C(=O)c2c(O)ccc3oc(=O)sc23)c1. The van der Waals surface area contributed by atoms with Crippen LogP contribution in [0.25, 0.3) is 10.3 Å². The molecule has 0 fully saturated rings. The summed E-state index contributed by atoms with van der Waals surface area (Å²) in [5.41, 5.74) is 1.84. The van der Waals surface area contributed by atoms with Gasteiger partial charge in [0.1, 0.15) is 5.75 Å². The second-order valence-electron chi connectivity index (χ2n) is 4.44. The van der Waals surface area contributed by atoms with E-state index in [-0.39, 0.29) is 17.1 Å². The van der Waals surface area contributed by atoms with E-state index in [1.54, 1.807) is 18.2 Å². The number of hydrogen-bond acceptors (Lipinski definition) is 5. The van der Waals surface area contributed by atoms with Crippen LogP contribution in [0.5, 0.6) is 5.75 Å². The number of fused-ring (bicyclic) bond motifs is 1. The molecule has 20 heavy (non-hydrogen) atoms. The number of carbonyl (C=O) groups excluding carboxylic acids is 1. The van der Waals surface area contributed by atoms with E-state index >= 15 is 0 Å². The number of hydrogen-bond donors (Lipinski definition) is 1. The van der Waals surface area contributed by atoms with Crippen LogP contribution in [0.2, 0.25) is 0 Å². The fourth-order valence-electron chi connectivity index (χ4n) is 2.08. The van der Waals surface area contributed by atoms with Gasteiger partial charge in [0, 0.05) is 5.56 Å². The molecule has 0 unspecified atom stereocenters. The minimum absolute atomic E-state index is 0.115. The highest BCUT2D eigenvalue weighted by Crippen LogP contribution is 2.31. The molecule has 0 saturated carbocycles. The maximum Gasteiger partial charge on any atom is 0.396 e. The van der Waals surface area contributed by atoms with Crippen LogP contribution < -0.4 is 4.94 Å². The summed E-state index contributed by atoms with van der Waals surface area (Å²) in [6.07, 6.45) is 0. The summed E-state index contributed by atoms with van der Waals surface area (Å²) in [5, 5.41) is 9.96. The highest BCUT2D eigenvalue weighted by atomic mass is 32.1. The maximum absolute atomic E-state index is 12.5. The van der Waals surface area contributed by atoms with Crippen molar-refractivity contribution in [2.24, 2.45) is 0 Å². The van der Waals surface area contributed by atoms with Gasteiger partial charge < -0.3 is 9.52 Å². The lowest BCUT2D eigenvalue weighted by molar-refractivity contribution is 0.103. The molecular weight excluding hydrogens is 276 g/mol. The van der Waals surface area contributed by atoms with Gasteiger partial charge in [-0.15, -0.1) is 0 Å². The van der Waals surface area contributed by atoms with Crippen molar-refractivity contribution in [2.45, 2.75) is 6.92 Å². The quantitative estimate of drug-likeness (QED) is 0.735. The van der Waals surface area contributed by atoms with E-state index < -0.39 is 4.94 Å². The molecule has 0 saturated heterocycles. The van der Waals surface area contributed by atoms with Crippen molar-refractivity contribution < 1.29 is 14.3 Å². The van der Waals surface area contributed by atoms with E-state index in [1.807, 2.05) is 13.0 Å². The van der Waals surface area contributed by atoms with Crippen molar-refractivity contribution in [2.75, 3.05) is 0 Å².